The van der Waals surface area contributed by atoms with Crippen molar-refractivity contribution in [3.8, 4) is 0 Å². The molecule has 2 fully saturated rings. The molecular formula is C19H26F5N5O2. The van der Waals surface area contributed by atoms with Crippen LogP contribution in [-0.4, -0.2) is 55.8 Å². The Morgan fingerprint density at radius 2 is 2.00 bits per heavy atom. The van der Waals surface area contributed by atoms with Crippen LogP contribution in [0, 0.1) is 5.92 Å². The molecule has 1 atom stereocenters. The summed E-state index contributed by atoms with van der Waals surface area (Å²) in [5.74, 6) is -1.86. The minimum atomic E-state index is -4.23. The highest BCUT2D eigenvalue weighted by Crippen LogP contribution is 2.37. The molecule has 1 saturated heterocycles. The number of morpholine rings is 1. The molecule has 1 aliphatic heterocycles. The van der Waals surface area contributed by atoms with E-state index in [0.717, 1.165) is 0 Å². The number of halogens is 5. The number of carbonyl (C=O) groups is 1. The van der Waals surface area contributed by atoms with Crippen molar-refractivity contribution in [2.45, 2.75) is 50.4 Å². The average Bonchev–Trinajstić information content (AvgIpc) is 2.73. The third kappa shape index (κ3) is 6.16. The van der Waals surface area contributed by atoms with Crippen LogP contribution in [0.5, 0.6) is 0 Å². The summed E-state index contributed by atoms with van der Waals surface area (Å²) in [6.45, 7) is 0.696. The van der Waals surface area contributed by atoms with E-state index in [1.54, 1.807) is 0 Å². The van der Waals surface area contributed by atoms with Gasteiger partial charge in [0.05, 0.1) is 36.0 Å². The number of nitrogens with zero attached hydrogens (tertiary/aromatic N) is 1. The fourth-order valence-corrected chi connectivity index (χ4v) is 3.86. The minimum Gasteiger partial charge on any atom is -0.396 e. The number of hydrogen-bond acceptors (Lipinski definition) is 6. The Labute approximate surface area is 176 Å². The molecule has 0 radical (unpaired) electrons. The molecule has 2 heterocycles. The Balaban J connectivity index is 1.76. The first-order valence-corrected chi connectivity index (χ1v) is 10.2. The number of aromatic nitrogens is 1. The van der Waals surface area contributed by atoms with Crippen molar-refractivity contribution in [1.29, 1.82) is 0 Å². The van der Waals surface area contributed by atoms with Gasteiger partial charge in [-0.25, -0.2) is 13.8 Å². The number of carbonyl (C=O) groups excluding carboxylic acids is 1. The van der Waals surface area contributed by atoms with Crippen molar-refractivity contribution >= 4 is 17.4 Å². The van der Waals surface area contributed by atoms with Gasteiger partial charge in [-0.2, -0.15) is 13.2 Å². The summed E-state index contributed by atoms with van der Waals surface area (Å²) in [5.41, 5.74) is 6.28. The standard InChI is InChI=1S/C19H26F5N5O2/c20-15(21)9-27-17-13(25)7-12(16(29-17)14-8-26-5-6-31-14)18(30)28-11-3-1-10(2-4-11)19(22,23)24/h7,10-11,14-15,26H,1-6,8-9,25H2,(H,27,29)(H,28,30). The summed E-state index contributed by atoms with van der Waals surface area (Å²) in [7, 11) is 0. The molecule has 2 aliphatic rings. The first-order chi connectivity index (χ1) is 14.6. The zero-order valence-corrected chi connectivity index (χ0v) is 16.8. The summed E-state index contributed by atoms with van der Waals surface area (Å²) in [6.07, 6.45) is -7.11. The number of anilines is 2. The van der Waals surface area contributed by atoms with Crippen LogP contribution in [0.1, 0.15) is 47.8 Å². The van der Waals surface area contributed by atoms with Crippen LogP contribution in [-0.2, 0) is 4.74 Å². The number of nitrogen functional groups attached to an aromatic ring is 1. The van der Waals surface area contributed by atoms with Crippen LogP contribution >= 0.6 is 0 Å². The zero-order chi connectivity index (χ0) is 22.6. The summed E-state index contributed by atoms with van der Waals surface area (Å²) in [5, 5.41) is 8.33. The van der Waals surface area contributed by atoms with Crippen LogP contribution in [0.15, 0.2) is 6.07 Å². The number of alkyl halides is 5. The van der Waals surface area contributed by atoms with E-state index in [2.05, 4.69) is 20.9 Å². The lowest BCUT2D eigenvalue weighted by atomic mass is 9.85. The summed E-state index contributed by atoms with van der Waals surface area (Å²) < 4.78 is 69.4. The van der Waals surface area contributed by atoms with Crippen LogP contribution < -0.4 is 21.7 Å². The van der Waals surface area contributed by atoms with Gasteiger partial charge in [0.1, 0.15) is 11.9 Å². The maximum Gasteiger partial charge on any atom is 0.391 e. The Morgan fingerprint density at radius 3 is 2.58 bits per heavy atom. The van der Waals surface area contributed by atoms with E-state index in [9.17, 15) is 26.7 Å². The first-order valence-electron chi connectivity index (χ1n) is 10.2. The largest absolute Gasteiger partial charge is 0.396 e. The fourth-order valence-electron chi connectivity index (χ4n) is 3.86. The lowest BCUT2D eigenvalue weighted by molar-refractivity contribution is -0.182. The number of amides is 1. The lowest BCUT2D eigenvalue weighted by Gasteiger charge is -2.31. The monoisotopic (exact) mass is 451 g/mol. The fraction of sp³-hybridized carbons (Fsp3) is 0.684. The molecule has 0 aromatic carbocycles. The van der Waals surface area contributed by atoms with Gasteiger partial charge in [-0.1, -0.05) is 0 Å². The number of hydrogen-bond donors (Lipinski definition) is 4. The number of nitrogens with two attached hydrogens (primary N) is 1. The van der Waals surface area contributed by atoms with Gasteiger partial charge in [0, 0.05) is 19.1 Å². The van der Waals surface area contributed by atoms with Gasteiger partial charge in [-0.3, -0.25) is 4.79 Å². The van der Waals surface area contributed by atoms with E-state index in [4.69, 9.17) is 10.5 Å². The van der Waals surface area contributed by atoms with Gasteiger partial charge in [0.25, 0.3) is 12.3 Å². The Kier molecular flexibility index (Phi) is 7.52. The van der Waals surface area contributed by atoms with Crippen molar-refractivity contribution in [3.05, 3.63) is 17.3 Å². The van der Waals surface area contributed by atoms with Crippen molar-refractivity contribution < 1.29 is 31.5 Å². The summed E-state index contributed by atoms with van der Waals surface area (Å²) in [6, 6.07) is 0.937. The summed E-state index contributed by atoms with van der Waals surface area (Å²) in [4.78, 5) is 17.2. The highest BCUT2D eigenvalue weighted by atomic mass is 19.4. The molecule has 1 saturated carbocycles. The normalized spacial score (nSPS) is 24.8. The lowest BCUT2D eigenvalue weighted by Crippen LogP contribution is -2.41. The number of ether oxygens (including phenoxy) is 1. The average molecular weight is 451 g/mol. The Hall–Kier alpha value is -2.21. The Morgan fingerprint density at radius 1 is 1.29 bits per heavy atom. The molecule has 7 nitrogen and oxygen atoms in total. The van der Waals surface area contributed by atoms with Gasteiger partial charge >= 0.3 is 6.18 Å². The zero-order valence-electron chi connectivity index (χ0n) is 16.8. The molecule has 0 spiro atoms. The predicted molar refractivity (Wildman–Crippen MR) is 104 cm³/mol. The van der Waals surface area contributed by atoms with E-state index < -0.39 is 43.1 Å². The third-order valence-electron chi connectivity index (χ3n) is 5.51. The van der Waals surface area contributed by atoms with Crippen molar-refractivity contribution in [1.82, 2.24) is 15.6 Å². The molecular weight excluding hydrogens is 425 g/mol. The maximum atomic E-state index is 12.9. The molecule has 0 bridgehead atoms. The minimum absolute atomic E-state index is 0.0131. The summed E-state index contributed by atoms with van der Waals surface area (Å²) >= 11 is 0. The quantitative estimate of drug-likeness (QED) is 0.497. The van der Waals surface area contributed by atoms with Gasteiger partial charge in [-0.05, 0) is 31.7 Å². The Bertz CT molecular complexity index is 763. The number of nitrogens with one attached hydrogen (secondary N) is 3. The number of rotatable bonds is 6. The van der Waals surface area contributed by atoms with E-state index in [0.29, 0.717) is 19.7 Å². The second-order valence-electron chi connectivity index (χ2n) is 7.76. The molecule has 1 unspecified atom stereocenters. The first kappa shape index (κ1) is 23.5. The van der Waals surface area contributed by atoms with Crippen LogP contribution in [0.25, 0.3) is 0 Å². The van der Waals surface area contributed by atoms with Gasteiger partial charge in [0.15, 0.2) is 0 Å². The van der Waals surface area contributed by atoms with E-state index in [1.807, 2.05) is 0 Å². The predicted octanol–water partition coefficient (Wildman–Crippen LogP) is 2.85. The van der Waals surface area contributed by atoms with Crippen LogP contribution in [0.3, 0.4) is 0 Å². The molecule has 31 heavy (non-hydrogen) atoms. The van der Waals surface area contributed by atoms with Crippen molar-refractivity contribution in [2.24, 2.45) is 5.92 Å². The van der Waals surface area contributed by atoms with Crippen molar-refractivity contribution in [2.75, 3.05) is 37.3 Å². The topological polar surface area (TPSA) is 101 Å². The van der Waals surface area contributed by atoms with E-state index in [1.165, 1.54) is 6.07 Å². The van der Waals surface area contributed by atoms with Gasteiger partial charge < -0.3 is 26.4 Å². The van der Waals surface area contributed by atoms with Crippen LogP contribution in [0.2, 0.25) is 0 Å². The molecule has 5 N–H and O–H groups in total. The maximum absolute atomic E-state index is 12.9. The van der Waals surface area contributed by atoms with E-state index >= 15 is 0 Å². The molecule has 174 valence electrons. The van der Waals surface area contributed by atoms with E-state index in [-0.39, 0.29) is 48.4 Å². The molecule has 3 rings (SSSR count). The highest BCUT2D eigenvalue weighted by Gasteiger charge is 2.41. The van der Waals surface area contributed by atoms with Gasteiger partial charge in [0.2, 0.25) is 0 Å². The number of pyridine rings is 1. The van der Waals surface area contributed by atoms with Crippen LogP contribution in [0.4, 0.5) is 33.5 Å². The SMILES string of the molecule is Nc1cc(C(=O)NC2CCC(C(F)(F)F)CC2)c(C2CNCCO2)nc1NCC(F)F. The van der Waals surface area contributed by atoms with Crippen molar-refractivity contribution in [3.63, 3.8) is 0 Å². The second-order valence-corrected chi connectivity index (χ2v) is 7.76. The third-order valence-corrected chi connectivity index (χ3v) is 5.51. The molecule has 1 aromatic rings. The molecule has 12 heteroatoms. The molecule has 1 aromatic heterocycles. The molecule has 1 amide bonds. The smallest absolute Gasteiger partial charge is 0.391 e. The highest BCUT2D eigenvalue weighted by molar-refractivity contribution is 5.97. The molecule has 1 aliphatic carbocycles. The second kappa shape index (κ2) is 9.94. The van der Waals surface area contributed by atoms with Gasteiger partial charge in [-0.15, -0.1) is 0 Å².